The zero-order chi connectivity index (χ0) is 30.0. The van der Waals surface area contributed by atoms with Crippen molar-refractivity contribution in [2.75, 3.05) is 65.4 Å². The van der Waals surface area contributed by atoms with Gasteiger partial charge in [-0.3, -0.25) is 9.59 Å². The van der Waals surface area contributed by atoms with Crippen molar-refractivity contribution in [1.82, 2.24) is 10.6 Å². The third-order valence-corrected chi connectivity index (χ3v) is 9.38. The van der Waals surface area contributed by atoms with E-state index >= 15 is 0 Å². The first-order valence-corrected chi connectivity index (χ1v) is 17.6. The summed E-state index contributed by atoms with van der Waals surface area (Å²) in [5.74, 6) is 0.221. The third-order valence-electron chi connectivity index (χ3n) is 9.38. The van der Waals surface area contributed by atoms with Crippen LogP contribution in [0.5, 0.6) is 0 Å². The zero-order valence-corrected chi connectivity index (χ0v) is 30.4. The summed E-state index contributed by atoms with van der Waals surface area (Å²) in [6.45, 7) is 21.6. The highest BCUT2D eigenvalue weighted by Crippen LogP contribution is 2.14. The number of carbonyl (C=O) groups excluding carboxylic acids is 2. The van der Waals surface area contributed by atoms with Crippen LogP contribution in [0.1, 0.15) is 144 Å². The highest BCUT2D eigenvalue weighted by Gasteiger charge is 2.27. The van der Waals surface area contributed by atoms with Gasteiger partial charge in [0.15, 0.2) is 13.1 Å². The molecule has 8 heteroatoms. The molecule has 6 nitrogen and oxygen atoms in total. The van der Waals surface area contributed by atoms with Gasteiger partial charge in [0.1, 0.15) is 0 Å². The summed E-state index contributed by atoms with van der Waals surface area (Å²) in [4.78, 5) is 25.6. The van der Waals surface area contributed by atoms with Crippen molar-refractivity contribution < 1.29 is 43.4 Å². The molecule has 2 N–H and O–H groups in total. The van der Waals surface area contributed by atoms with Gasteiger partial charge in [-0.15, -0.1) is 0 Å². The lowest BCUT2D eigenvalue weighted by molar-refractivity contribution is -0.917. The van der Waals surface area contributed by atoms with Crippen molar-refractivity contribution >= 4 is 11.8 Å². The molecule has 0 aliphatic carbocycles. The van der Waals surface area contributed by atoms with Crippen LogP contribution in [0.15, 0.2) is 0 Å². The Morgan fingerprint density at radius 2 is 0.690 bits per heavy atom. The molecule has 2 amide bonds. The molecule has 0 heterocycles. The monoisotopic (exact) mass is 639 g/mol. The van der Waals surface area contributed by atoms with Crippen molar-refractivity contribution in [2.24, 2.45) is 0 Å². The number of amides is 2. The first-order valence-electron chi connectivity index (χ1n) is 17.6. The molecule has 0 radical (unpaired) electrons. The normalized spacial score (nSPS) is 11.5. The summed E-state index contributed by atoms with van der Waals surface area (Å²) < 4.78 is 1.72. The van der Waals surface area contributed by atoms with E-state index in [-0.39, 0.29) is 36.6 Å². The van der Waals surface area contributed by atoms with Gasteiger partial charge in [0.05, 0.1) is 39.3 Å². The summed E-state index contributed by atoms with van der Waals surface area (Å²) in [7, 11) is 0. The first kappa shape index (κ1) is 45.9. The second-order valence-corrected chi connectivity index (χ2v) is 12.4. The Morgan fingerprint density at radius 3 is 0.952 bits per heavy atom. The van der Waals surface area contributed by atoms with Crippen molar-refractivity contribution in [3.05, 3.63) is 0 Å². The molecular formula is C34H72Cl2N4O2. The van der Waals surface area contributed by atoms with E-state index < -0.39 is 0 Å². The number of nitrogens with zero attached hydrogens (tertiary/aromatic N) is 2. The van der Waals surface area contributed by atoms with Gasteiger partial charge in [-0.05, 0) is 53.4 Å². The van der Waals surface area contributed by atoms with Gasteiger partial charge >= 0.3 is 0 Å². The molecule has 0 saturated heterocycles. The van der Waals surface area contributed by atoms with Gasteiger partial charge < -0.3 is 44.4 Å². The number of hydrogen-bond donors (Lipinski definition) is 2. The van der Waals surface area contributed by atoms with Crippen LogP contribution in [0.3, 0.4) is 0 Å². The SMILES string of the molecule is CCCCCCCCCC[N+](CC)(CC)CC(=O)NCCNC(=O)C[N+](CC)(CC)CCCCCCCCCC.[Cl-].[Cl-]. The predicted molar refractivity (Wildman–Crippen MR) is 173 cm³/mol. The van der Waals surface area contributed by atoms with Crippen molar-refractivity contribution in [3.63, 3.8) is 0 Å². The maximum absolute atomic E-state index is 12.8. The number of nitrogens with one attached hydrogen (secondary N) is 2. The average molecular weight is 640 g/mol. The highest BCUT2D eigenvalue weighted by molar-refractivity contribution is 5.78. The van der Waals surface area contributed by atoms with Crippen LogP contribution >= 0.6 is 0 Å². The van der Waals surface area contributed by atoms with Crippen LogP contribution < -0.4 is 35.4 Å². The van der Waals surface area contributed by atoms with Gasteiger partial charge in [-0.25, -0.2) is 0 Å². The third kappa shape index (κ3) is 22.9. The molecule has 0 fully saturated rings. The molecule has 0 spiro atoms. The van der Waals surface area contributed by atoms with Gasteiger partial charge in [0.2, 0.25) is 0 Å². The standard InChI is InChI=1S/C34H70N4O2.2ClH/c1-7-13-15-17-19-21-23-25-29-37(9-3,10-4)31-33(39)35-27-28-36-34(40)32-38(11-5,12-6)30-26-24-22-20-18-16-14-8-2;;/h7-32H2,1-6H3;2*1H. The van der Waals surface area contributed by atoms with Crippen LogP contribution in [0.4, 0.5) is 0 Å². The highest BCUT2D eigenvalue weighted by atomic mass is 35.5. The van der Waals surface area contributed by atoms with Gasteiger partial charge in [-0.1, -0.05) is 90.9 Å². The molecule has 254 valence electrons. The number of hydrogen-bond acceptors (Lipinski definition) is 2. The maximum Gasteiger partial charge on any atom is 0.275 e. The number of likely N-dealkylation sites (N-methyl/N-ethyl adjacent to an activating group) is 2. The van der Waals surface area contributed by atoms with E-state index in [0.29, 0.717) is 26.2 Å². The van der Waals surface area contributed by atoms with E-state index in [0.717, 1.165) is 48.2 Å². The molecule has 0 aromatic heterocycles. The first-order chi connectivity index (χ1) is 19.4. The minimum Gasteiger partial charge on any atom is -1.00 e. The number of unbranched alkanes of at least 4 members (excludes halogenated alkanes) is 14. The van der Waals surface area contributed by atoms with E-state index in [2.05, 4.69) is 52.2 Å². The summed E-state index contributed by atoms with van der Waals surface area (Å²) >= 11 is 0. The van der Waals surface area contributed by atoms with Crippen LogP contribution in [0.2, 0.25) is 0 Å². The molecule has 0 aliphatic heterocycles. The van der Waals surface area contributed by atoms with Crippen LogP contribution in [0, 0.1) is 0 Å². The maximum atomic E-state index is 12.8. The lowest BCUT2D eigenvalue weighted by Gasteiger charge is -2.36. The van der Waals surface area contributed by atoms with Crippen LogP contribution in [-0.4, -0.2) is 86.2 Å². The minimum absolute atomic E-state index is 0. The van der Waals surface area contributed by atoms with Crippen LogP contribution in [-0.2, 0) is 9.59 Å². The fraction of sp³-hybridized carbons (Fsp3) is 0.941. The van der Waals surface area contributed by atoms with E-state index in [1.165, 1.54) is 103 Å². The lowest BCUT2D eigenvalue weighted by atomic mass is 10.1. The zero-order valence-electron chi connectivity index (χ0n) is 28.9. The molecule has 0 saturated carbocycles. The number of halogens is 2. The Bertz CT molecular complexity index is 562. The van der Waals surface area contributed by atoms with Crippen molar-refractivity contribution in [2.45, 2.75) is 144 Å². The van der Waals surface area contributed by atoms with Gasteiger partial charge in [0.25, 0.3) is 11.8 Å². The molecule has 0 aromatic rings. The van der Waals surface area contributed by atoms with Crippen molar-refractivity contribution in [3.8, 4) is 0 Å². The van der Waals surface area contributed by atoms with Crippen LogP contribution in [0.25, 0.3) is 0 Å². The summed E-state index contributed by atoms with van der Waals surface area (Å²) in [5, 5.41) is 6.15. The number of quaternary nitrogens is 2. The molecule has 42 heavy (non-hydrogen) atoms. The van der Waals surface area contributed by atoms with E-state index in [9.17, 15) is 9.59 Å². The second kappa shape index (κ2) is 30.5. The smallest absolute Gasteiger partial charge is 0.275 e. The predicted octanol–water partition coefficient (Wildman–Crippen LogP) is 1.22. The molecule has 0 aromatic carbocycles. The average Bonchev–Trinajstić information content (AvgIpc) is 2.96. The molecular weight excluding hydrogens is 567 g/mol. The van der Waals surface area contributed by atoms with E-state index in [4.69, 9.17) is 0 Å². The Kier molecular flexibility index (Phi) is 33.3. The topological polar surface area (TPSA) is 58.2 Å². The summed E-state index contributed by atoms with van der Waals surface area (Å²) in [5.41, 5.74) is 0. The van der Waals surface area contributed by atoms with Gasteiger partial charge in [-0.2, -0.15) is 0 Å². The quantitative estimate of drug-likeness (QED) is 0.0956. The Labute approximate surface area is 274 Å². The molecule has 0 bridgehead atoms. The second-order valence-electron chi connectivity index (χ2n) is 12.4. The van der Waals surface area contributed by atoms with Gasteiger partial charge in [0, 0.05) is 13.1 Å². The molecule has 0 unspecified atom stereocenters. The Balaban J connectivity index is -0.00000760. The molecule has 0 atom stereocenters. The van der Waals surface area contributed by atoms with E-state index in [1.807, 2.05) is 0 Å². The largest absolute Gasteiger partial charge is 1.00 e. The number of rotatable bonds is 29. The molecule has 0 aliphatic rings. The lowest BCUT2D eigenvalue weighted by Crippen LogP contribution is -3.00. The summed E-state index contributed by atoms with van der Waals surface area (Å²) in [6, 6.07) is 0. The summed E-state index contributed by atoms with van der Waals surface area (Å²) in [6.07, 6.45) is 21.1. The Morgan fingerprint density at radius 1 is 0.429 bits per heavy atom. The minimum atomic E-state index is 0. The van der Waals surface area contributed by atoms with E-state index in [1.54, 1.807) is 0 Å². The molecule has 0 rings (SSSR count). The Hall–Kier alpha value is -0.560. The fourth-order valence-corrected chi connectivity index (χ4v) is 5.97. The number of carbonyl (C=O) groups is 2. The van der Waals surface area contributed by atoms with Crippen molar-refractivity contribution in [1.29, 1.82) is 0 Å². The fourth-order valence-electron chi connectivity index (χ4n) is 5.97.